The van der Waals surface area contributed by atoms with Crippen molar-refractivity contribution in [3.8, 4) is 0 Å². The van der Waals surface area contributed by atoms with Crippen LogP contribution in [0.5, 0.6) is 0 Å². The molecular weight excluding hydrogens is 264 g/mol. The van der Waals surface area contributed by atoms with Crippen molar-refractivity contribution in [3.63, 3.8) is 0 Å². The third kappa shape index (κ3) is 3.27. The molecule has 0 nitrogen and oxygen atoms in total. The van der Waals surface area contributed by atoms with Gasteiger partial charge >= 0.3 is 0 Å². The van der Waals surface area contributed by atoms with E-state index < -0.39 is 0 Å². The molecule has 0 aromatic heterocycles. The molecule has 0 N–H and O–H groups in total. The van der Waals surface area contributed by atoms with Gasteiger partial charge in [-0.1, -0.05) is 53.4 Å². The molecule has 0 heteroatoms. The van der Waals surface area contributed by atoms with Crippen LogP contribution in [-0.4, -0.2) is 0 Å². The smallest absolute Gasteiger partial charge is 0.0324 e. The highest BCUT2D eigenvalue weighted by Gasteiger charge is 2.47. The topological polar surface area (TPSA) is 0 Å². The fourth-order valence-electron chi connectivity index (χ4n) is 6.92. The highest BCUT2D eigenvalue weighted by atomic mass is 14.5. The highest BCUT2D eigenvalue weighted by Crippen LogP contribution is 2.56. The first kappa shape index (κ1) is 16.8. The maximum absolute atomic E-state index is 2.60. The Kier molecular flexibility index (Phi) is 5.56. The van der Waals surface area contributed by atoms with E-state index in [4.69, 9.17) is 0 Å². The van der Waals surface area contributed by atoms with E-state index in [9.17, 15) is 0 Å². The van der Waals surface area contributed by atoms with Gasteiger partial charge in [-0.15, -0.1) is 0 Å². The average molecular weight is 305 g/mol. The molecule has 22 heavy (non-hydrogen) atoms. The Morgan fingerprint density at radius 3 is 2.27 bits per heavy atom. The van der Waals surface area contributed by atoms with E-state index in [1.165, 1.54) is 25.7 Å². The SMILES string of the molecule is CCCC1C(C)CC2CCCC2C1C1CCC(C(C)C)CC1. The van der Waals surface area contributed by atoms with Gasteiger partial charge in [0.2, 0.25) is 0 Å². The lowest BCUT2D eigenvalue weighted by Gasteiger charge is -2.49. The Balaban J connectivity index is 1.72. The summed E-state index contributed by atoms with van der Waals surface area (Å²) < 4.78 is 0. The lowest BCUT2D eigenvalue weighted by molar-refractivity contribution is -0.00426. The number of hydrogen-bond acceptors (Lipinski definition) is 0. The second-order valence-corrected chi connectivity index (χ2v) is 9.52. The Hall–Kier alpha value is 0. The van der Waals surface area contributed by atoms with Gasteiger partial charge in [-0.3, -0.25) is 0 Å². The van der Waals surface area contributed by atoms with Gasteiger partial charge in [-0.05, 0) is 85.9 Å². The van der Waals surface area contributed by atoms with Gasteiger partial charge in [-0.2, -0.15) is 0 Å². The Morgan fingerprint density at radius 1 is 0.909 bits per heavy atom. The fraction of sp³-hybridized carbons (Fsp3) is 1.00. The van der Waals surface area contributed by atoms with Crippen molar-refractivity contribution in [2.45, 2.75) is 91.9 Å². The quantitative estimate of drug-likeness (QED) is 0.528. The molecule has 0 bridgehead atoms. The molecule has 3 aliphatic carbocycles. The second kappa shape index (κ2) is 7.27. The van der Waals surface area contributed by atoms with E-state index >= 15 is 0 Å². The van der Waals surface area contributed by atoms with Gasteiger partial charge in [0.1, 0.15) is 0 Å². The maximum atomic E-state index is 2.60. The largest absolute Gasteiger partial charge is 0.0654 e. The first-order valence-electron chi connectivity index (χ1n) is 10.6. The molecule has 0 aliphatic heterocycles. The van der Waals surface area contributed by atoms with Crippen LogP contribution in [0.4, 0.5) is 0 Å². The van der Waals surface area contributed by atoms with Crippen molar-refractivity contribution in [2.24, 2.45) is 47.3 Å². The Morgan fingerprint density at radius 2 is 1.64 bits per heavy atom. The lowest BCUT2D eigenvalue weighted by Crippen LogP contribution is -2.42. The summed E-state index contributed by atoms with van der Waals surface area (Å²) in [5.74, 6) is 8.42. The summed E-state index contributed by atoms with van der Waals surface area (Å²) in [5.41, 5.74) is 0. The normalized spacial score (nSPS) is 46.0. The molecule has 0 aromatic rings. The van der Waals surface area contributed by atoms with Crippen LogP contribution in [0.25, 0.3) is 0 Å². The van der Waals surface area contributed by atoms with Crippen LogP contribution in [-0.2, 0) is 0 Å². The maximum Gasteiger partial charge on any atom is -0.0324 e. The zero-order valence-electron chi connectivity index (χ0n) is 15.7. The van der Waals surface area contributed by atoms with E-state index in [0.29, 0.717) is 0 Å². The van der Waals surface area contributed by atoms with Crippen molar-refractivity contribution in [1.82, 2.24) is 0 Å². The first-order chi connectivity index (χ1) is 10.6. The molecular formula is C22H40. The highest BCUT2D eigenvalue weighted by molar-refractivity contribution is 4.97. The van der Waals surface area contributed by atoms with E-state index in [-0.39, 0.29) is 0 Å². The third-order valence-electron chi connectivity index (χ3n) is 8.04. The molecule has 128 valence electrons. The predicted molar refractivity (Wildman–Crippen MR) is 96.8 cm³/mol. The third-order valence-corrected chi connectivity index (χ3v) is 8.04. The van der Waals surface area contributed by atoms with Crippen LogP contribution in [0, 0.1) is 47.3 Å². The molecule has 0 spiro atoms. The van der Waals surface area contributed by atoms with E-state index in [0.717, 1.165) is 47.3 Å². The van der Waals surface area contributed by atoms with Crippen LogP contribution in [0.15, 0.2) is 0 Å². The van der Waals surface area contributed by atoms with Gasteiger partial charge < -0.3 is 0 Å². The summed E-state index contributed by atoms with van der Waals surface area (Å²) in [6, 6.07) is 0. The van der Waals surface area contributed by atoms with Crippen molar-refractivity contribution in [2.75, 3.05) is 0 Å². The molecule has 3 rings (SSSR count). The van der Waals surface area contributed by atoms with Crippen LogP contribution in [0.1, 0.15) is 91.9 Å². The van der Waals surface area contributed by atoms with Crippen LogP contribution in [0.3, 0.4) is 0 Å². The molecule has 0 heterocycles. The molecule has 3 fully saturated rings. The van der Waals surface area contributed by atoms with Gasteiger partial charge in [0.25, 0.3) is 0 Å². The van der Waals surface area contributed by atoms with Gasteiger partial charge in [0.05, 0.1) is 0 Å². The average Bonchev–Trinajstić information content (AvgIpc) is 2.96. The molecule has 3 aliphatic rings. The van der Waals surface area contributed by atoms with Crippen LogP contribution >= 0.6 is 0 Å². The van der Waals surface area contributed by atoms with Gasteiger partial charge in [0, 0.05) is 0 Å². The molecule has 5 unspecified atom stereocenters. The second-order valence-electron chi connectivity index (χ2n) is 9.52. The summed E-state index contributed by atoms with van der Waals surface area (Å²) in [7, 11) is 0. The van der Waals surface area contributed by atoms with Crippen molar-refractivity contribution >= 4 is 0 Å². The minimum absolute atomic E-state index is 0.914. The number of hydrogen-bond donors (Lipinski definition) is 0. The molecule has 0 saturated heterocycles. The standard InChI is InChI=1S/C22H40/c1-5-7-20-16(4)14-19-8-6-9-21(19)22(20)18-12-10-17(11-13-18)15(2)3/h15-22H,5-14H2,1-4H3. The summed E-state index contributed by atoms with van der Waals surface area (Å²) in [4.78, 5) is 0. The fourth-order valence-corrected chi connectivity index (χ4v) is 6.92. The summed E-state index contributed by atoms with van der Waals surface area (Å²) in [5, 5.41) is 0. The first-order valence-corrected chi connectivity index (χ1v) is 10.6. The van der Waals surface area contributed by atoms with Crippen molar-refractivity contribution in [1.29, 1.82) is 0 Å². The predicted octanol–water partition coefficient (Wildman–Crippen LogP) is 6.94. The zero-order chi connectivity index (χ0) is 15.7. The van der Waals surface area contributed by atoms with Crippen LogP contribution < -0.4 is 0 Å². The van der Waals surface area contributed by atoms with Crippen molar-refractivity contribution in [3.05, 3.63) is 0 Å². The van der Waals surface area contributed by atoms with Gasteiger partial charge in [-0.25, -0.2) is 0 Å². The lowest BCUT2D eigenvalue weighted by atomic mass is 9.56. The minimum Gasteiger partial charge on any atom is -0.0654 e. The van der Waals surface area contributed by atoms with Gasteiger partial charge in [0.15, 0.2) is 0 Å². The van der Waals surface area contributed by atoms with E-state index in [2.05, 4.69) is 27.7 Å². The summed E-state index contributed by atoms with van der Waals surface area (Å²) >= 11 is 0. The number of fused-ring (bicyclic) bond motifs is 1. The van der Waals surface area contributed by atoms with E-state index in [1.807, 2.05) is 0 Å². The molecule has 5 atom stereocenters. The molecule has 3 saturated carbocycles. The van der Waals surface area contributed by atoms with E-state index in [1.54, 1.807) is 38.5 Å². The zero-order valence-corrected chi connectivity index (χ0v) is 15.7. The molecule has 0 radical (unpaired) electrons. The molecule has 0 amide bonds. The number of rotatable bonds is 4. The monoisotopic (exact) mass is 304 g/mol. The Bertz CT molecular complexity index is 336. The summed E-state index contributed by atoms with van der Waals surface area (Å²) in [6.45, 7) is 9.91. The van der Waals surface area contributed by atoms with Crippen LogP contribution in [0.2, 0.25) is 0 Å². The molecule has 0 aromatic carbocycles. The minimum atomic E-state index is 0.914. The van der Waals surface area contributed by atoms with Crippen molar-refractivity contribution < 1.29 is 0 Å². The summed E-state index contributed by atoms with van der Waals surface area (Å²) in [6.07, 6.45) is 15.3. The Labute approximate surface area is 139 Å².